The summed E-state index contributed by atoms with van der Waals surface area (Å²) < 4.78 is 29.6. The highest BCUT2D eigenvalue weighted by Crippen LogP contribution is 2.28. The molecule has 11 heteroatoms. The lowest BCUT2D eigenvalue weighted by atomic mass is 10.2. The van der Waals surface area contributed by atoms with Crippen molar-refractivity contribution in [2.24, 2.45) is 0 Å². The highest BCUT2D eigenvalue weighted by atomic mass is 35.5. The fourth-order valence-corrected chi connectivity index (χ4v) is 5.74. The molecule has 0 bridgehead atoms. The molecule has 0 spiro atoms. The molecule has 186 valence electrons. The van der Waals surface area contributed by atoms with Crippen LogP contribution in [0, 0.1) is 0 Å². The van der Waals surface area contributed by atoms with Crippen LogP contribution in [0.5, 0.6) is 0 Å². The van der Waals surface area contributed by atoms with E-state index in [1.165, 1.54) is 18.6 Å². The lowest BCUT2D eigenvalue weighted by Gasteiger charge is -2.37. The second-order valence-corrected chi connectivity index (χ2v) is 10.7. The smallest absolute Gasteiger partial charge is 0.263 e. The zero-order valence-electron chi connectivity index (χ0n) is 19.6. The van der Waals surface area contributed by atoms with E-state index in [1.807, 2.05) is 46.9 Å². The van der Waals surface area contributed by atoms with E-state index in [2.05, 4.69) is 19.6 Å². The number of hydrogen-bond acceptors (Lipinski definition) is 6. The molecule has 1 aliphatic rings. The van der Waals surface area contributed by atoms with Crippen LogP contribution in [-0.2, 0) is 14.8 Å². The number of sulfonamides is 1. The third kappa shape index (κ3) is 4.74. The molecule has 0 radical (unpaired) electrons. The van der Waals surface area contributed by atoms with E-state index in [4.69, 9.17) is 11.6 Å². The molecule has 1 saturated heterocycles. The van der Waals surface area contributed by atoms with Gasteiger partial charge >= 0.3 is 0 Å². The average Bonchev–Trinajstić information content (AvgIpc) is 3.34. The molecule has 1 unspecified atom stereocenters. The van der Waals surface area contributed by atoms with Gasteiger partial charge in [-0.15, -0.1) is 0 Å². The Morgan fingerprint density at radius 3 is 2.47 bits per heavy atom. The SMILES string of the molecule is CC(C(=O)N1CCN(c2ccc(S(=O)(=O)Nc3ccncn3)cc2)CC1)n1ccc2cccc(Cl)c21. The van der Waals surface area contributed by atoms with Crippen LogP contribution >= 0.6 is 11.6 Å². The maximum atomic E-state index is 13.3. The number of carbonyl (C=O) groups excluding carboxylic acids is 1. The Morgan fingerprint density at radius 2 is 1.78 bits per heavy atom. The molecule has 0 aliphatic carbocycles. The minimum absolute atomic E-state index is 0.0457. The number of aromatic nitrogens is 3. The maximum absolute atomic E-state index is 13.3. The zero-order chi connectivity index (χ0) is 25.3. The number of benzene rings is 2. The fraction of sp³-hybridized carbons (Fsp3) is 0.240. The summed E-state index contributed by atoms with van der Waals surface area (Å²) in [5.74, 6) is 0.253. The number of fused-ring (bicyclic) bond motifs is 1. The van der Waals surface area contributed by atoms with E-state index < -0.39 is 10.0 Å². The van der Waals surface area contributed by atoms with Crippen LogP contribution in [0.1, 0.15) is 13.0 Å². The molecule has 1 amide bonds. The first-order valence-electron chi connectivity index (χ1n) is 11.5. The van der Waals surface area contributed by atoms with Gasteiger partial charge in [-0.25, -0.2) is 18.4 Å². The van der Waals surface area contributed by atoms with E-state index >= 15 is 0 Å². The van der Waals surface area contributed by atoms with Crippen LogP contribution in [0.3, 0.4) is 0 Å². The molecule has 1 aliphatic heterocycles. The first kappa shape index (κ1) is 24.1. The quantitative estimate of drug-likeness (QED) is 0.412. The van der Waals surface area contributed by atoms with Crippen LogP contribution in [0.15, 0.2) is 78.2 Å². The molecular formula is C25H25ClN6O3S. The van der Waals surface area contributed by atoms with Gasteiger partial charge in [0.1, 0.15) is 18.2 Å². The third-order valence-electron chi connectivity index (χ3n) is 6.39. The molecule has 4 aromatic rings. The predicted molar refractivity (Wildman–Crippen MR) is 140 cm³/mol. The topological polar surface area (TPSA) is 100 Å². The Kier molecular flexibility index (Phi) is 6.55. The van der Waals surface area contributed by atoms with Gasteiger partial charge in [-0.3, -0.25) is 9.52 Å². The van der Waals surface area contributed by atoms with Gasteiger partial charge in [0.25, 0.3) is 10.0 Å². The molecule has 9 nitrogen and oxygen atoms in total. The van der Waals surface area contributed by atoms with Gasteiger partial charge in [-0.05, 0) is 49.4 Å². The van der Waals surface area contributed by atoms with Crippen molar-refractivity contribution < 1.29 is 13.2 Å². The Labute approximate surface area is 214 Å². The maximum Gasteiger partial charge on any atom is 0.263 e. The minimum Gasteiger partial charge on any atom is -0.368 e. The summed E-state index contributed by atoms with van der Waals surface area (Å²) in [6, 6.07) is 15.5. The summed E-state index contributed by atoms with van der Waals surface area (Å²) in [6.07, 6.45) is 4.65. The summed E-state index contributed by atoms with van der Waals surface area (Å²) in [5, 5.41) is 1.63. The minimum atomic E-state index is -3.75. The summed E-state index contributed by atoms with van der Waals surface area (Å²) >= 11 is 6.41. The number of hydrogen-bond donors (Lipinski definition) is 1. The largest absolute Gasteiger partial charge is 0.368 e. The molecule has 2 aromatic heterocycles. The van der Waals surface area contributed by atoms with Crippen LogP contribution in [-0.4, -0.2) is 59.9 Å². The predicted octanol–water partition coefficient (Wildman–Crippen LogP) is 3.80. The number of rotatable bonds is 6. The number of amides is 1. The molecule has 3 heterocycles. The van der Waals surface area contributed by atoms with Crippen LogP contribution in [0.4, 0.5) is 11.5 Å². The number of carbonyl (C=O) groups is 1. The summed E-state index contributed by atoms with van der Waals surface area (Å²) in [7, 11) is -3.75. The van der Waals surface area contributed by atoms with Gasteiger partial charge in [-0.1, -0.05) is 23.7 Å². The molecule has 1 atom stereocenters. The van der Waals surface area contributed by atoms with Gasteiger partial charge in [0.2, 0.25) is 5.91 Å². The van der Waals surface area contributed by atoms with E-state index in [1.54, 1.807) is 24.3 Å². The van der Waals surface area contributed by atoms with E-state index in [-0.39, 0.29) is 22.7 Å². The second-order valence-electron chi connectivity index (χ2n) is 8.58. The molecule has 5 rings (SSSR count). The van der Waals surface area contributed by atoms with E-state index in [9.17, 15) is 13.2 Å². The van der Waals surface area contributed by atoms with Gasteiger partial charge in [0, 0.05) is 49.6 Å². The van der Waals surface area contributed by atoms with Crippen molar-refractivity contribution in [3.63, 3.8) is 0 Å². The van der Waals surface area contributed by atoms with Crippen molar-refractivity contribution in [1.29, 1.82) is 0 Å². The van der Waals surface area contributed by atoms with Crippen LogP contribution in [0.25, 0.3) is 10.9 Å². The van der Waals surface area contributed by atoms with Gasteiger partial charge in [-0.2, -0.15) is 0 Å². The molecule has 0 saturated carbocycles. The molecular weight excluding hydrogens is 500 g/mol. The Balaban J connectivity index is 1.22. The van der Waals surface area contributed by atoms with Crippen molar-refractivity contribution in [1.82, 2.24) is 19.4 Å². The fourth-order valence-electron chi connectivity index (χ4n) is 4.45. The van der Waals surface area contributed by atoms with Crippen molar-refractivity contribution in [2.45, 2.75) is 17.9 Å². The molecule has 2 aromatic carbocycles. The third-order valence-corrected chi connectivity index (χ3v) is 8.07. The second kappa shape index (κ2) is 9.79. The van der Waals surface area contributed by atoms with E-state index in [0.717, 1.165) is 16.6 Å². The number of halogens is 1. The zero-order valence-corrected chi connectivity index (χ0v) is 21.2. The van der Waals surface area contributed by atoms with Gasteiger partial charge < -0.3 is 14.4 Å². The van der Waals surface area contributed by atoms with Crippen molar-refractivity contribution in [2.75, 3.05) is 35.8 Å². The van der Waals surface area contributed by atoms with Crippen molar-refractivity contribution in [3.8, 4) is 0 Å². The van der Waals surface area contributed by atoms with E-state index in [0.29, 0.717) is 31.2 Å². The van der Waals surface area contributed by atoms with Crippen molar-refractivity contribution >= 4 is 49.9 Å². The van der Waals surface area contributed by atoms with Crippen LogP contribution < -0.4 is 9.62 Å². The van der Waals surface area contributed by atoms with Crippen molar-refractivity contribution in [3.05, 3.63) is 78.3 Å². The summed E-state index contributed by atoms with van der Waals surface area (Å²) in [4.78, 5) is 25.1. The van der Waals surface area contributed by atoms with Gasteiger partial charge in [0.15, 0.2) is 0 Å². The standard InChI is InChI=1S/C25H25ClN6O3S/c1-18(32-12-10-19-3-2-4-22(26)24(19)32)25(33)31-15-13-30(14-16-31)20-5-7-21(8-6-20)36(34,35)29-23-9-11-27-17-28-23/h2-12,17-18H,13-16H2,1H3,(H,27,28,29). The monoisotopic (exact) mass is 524 g/mol. The number of para-hydroxylation sites is 1. The normalized spacial score (nSPS) is 15.2. The van der Waals surface area contributed by atoms with Gasteiger partial charge in [0.05, 0.1) is 15.4 Å². The molecule has 1 N–H and O–H groups in total. The Hall–Kier alpha value is -3.63. The Bertz CT molecular complexity index is 1480. The number of piperazine rings is 1. The Morgan fingerprint density at radius 1 is 1.03 bits per heavy atom. The summed E-state index contributed by atoms with van der Waals surface area (Å²) in [5.41, 5.74) is 1.77. The number of nitrogens with zero attached hydrogens (tertiary/aromatic N) is 5. The average molecular weight is 525 g/mol. The summed E-state index contributed by atoms with van der Waals surface area (Å²) in [6.45, 7) is 4.34. The first-order chi connectivity index (χ1) is 17.3. The lowest BCUT2D eigenvalue weighted by Crippen LogP contribution is -2.50. The molecule has 36 heavy (non-hydrogen) atoms. The highest BCUT2D eigenvalue weighted by Gasteiger charge is 2.27. The molecule has 1 fully saturated rings. The first-order valence-corrected chi connectivity index (χ1v) is 13.4. The van der Waals surface area contributed by atoms with Crippen LogP contribution in [0.2, 0.25) is 5.02 Å². The number of anilines is 2. The number of nitrogens with one attached hydrogen (secondary N) is 1. The highest BCUT2D eigenvalue weighted by molar-refractivity contribution is 7.92. The lowest BCUT2D eigenvalue weighted by molar-refractivity contribution is -0.134.